The first-order valence-corrected chi connectivity index (χ1v) is 6.88. The van der Waals surface area contributed by atoms with E-state index in [0.717, 1.165) is 38.2 Å². The van der Waals surface area contributed by atoms with Crippen molar-refractivity contribution in [3.63, 3.8) is 0 Å². The number of carbonyl (C=O) groups is 1. The van der Waals surface area contributed by atoms with Gasteiger partial charge in [0.05, 0.1) is 11.5 Å². The van der Waals surface area contributed by atoms with Gasteiger partial charge in [0, 0.05) is 38.1 Å². The van der Waals surface area contributed by atoms with Gasteiger partial charge in [0.15, 0.2) is 0 Å². The molecule has 0 saturated carbocycles. The monoisotopic (exact) mass is 264 g/mol. The van der Waals surface area contributed by atoms with Crippen LogP contribution in [-0.4, -0.2) is 51.8 Å². The minimum absolute atomic E-state index is 0.0144. The van der Waals surface area contributed by atoms with E-state index in [-0.39, 0.29) is 5.91 Å². The zero-order valence-electron chi connectivity index (χ0n) is 10.9. The Hall–Kier alpha value is -1.40. The van der Waals surface area contributed by atoms with Crippen molar-refractivity contribution < 1.29 is 9.90 Å². The number of amides is 1. The molecule has 2 atom stereocenters. The van der Waals surface area contributed by atoms with E-state index in [9.17, 15) is 9.90 Å². The smallest absolute Gasteiger partial charge is 0.230 e. The highest BCUT2D eigenvalue weighted by Gasteiger charge is 2.49. The zero-order valence-corrected chi connectivity index (χ0v) is 10.9. The number of aromatic amines is 1. The van der Waals surface area contributed by atoms with Crippen LogP contribution >= 0.6 is 0 Å². The molecule has 1 amide bonds. The van der Waals surface area contributed by atoms with Gasteiger partial charge in [-0.1, -0.05) is 0 Å². The number of hydrogen-bond acceptors (Lipinski definition) is 4. The van der Waals surface area contributed by atoms with Gasteiger partial charge in [-0.05, 0) is 25.3 Å². The van der Waals surface area contributed by atoms with Gasteiger partial charge in [-0.3, -0.25) is 14.8 Å². The average Bonchev–Trinajstić information content (AvgIpc) is 2.90. The first kappa shape index (κ1) is 12.6. The molecule has 2 fully saturated rings. The fourth-order valence-electron chi connectivity index (χ4n) is 3.28. The average molecular weight is 264 g/mol. The normalized spacial score (nSPS) is 32.5. The quantitative estimate of drug-likeness (QED) is 0.695. The maximum atomic E-state index is 12.2. The molecule has 3 rings (SSSR count). The van der Waals surface area contributed by atoms with Crippen molar-refractivity contribution in [1.82, 2.24) is 20.4 Å². The lowest BCUT2D eigenvalue weighted by Crippen LogP contribution is -2.61. The molecule has 0 aromatic carbocycles. The number of likely N-dealkylation sites (tertiary alicyclic amines) is 1. The molecule has 0 bridgehead atoms. The van der Waals surface area contributed by atoms with Gasteiger partial charge in [0.1, 0.15) is 0 Å². The molecular weight excluding hydrogens is 244 g/mol. The summed E-state index contributed by atoms with van der Waals surface area (Å²) >= 11 is 0. The topological polar surface area (TPSA) is 81.2 Å². The van der Waals surface area contributed by atoms with Gasteiger partial charge in [0.25, 0.3) is 0 Å². The molecule has 0 unspecified atom stereocenters. The largest absolute Gasteiger partial charge is 0.392 e. The van der Waals surface area contributed by atoms with Crippen molar-refractivity contribution >= 4 is 5.91 Å². The van der Waals surface area contributed by atoms with Crippen molar-refractivity contribution in [2.75, 3.05) is 19.6 Å². The van der Waals surface area contributed by atoms with Gasteiger partial charge in [-0.15, -0.1) is 0 Å². The molecule has 19 heavy (non-hydrogen) atoms. The van der Waals surface area contributed by atoms with E-state index in [1.54, 1.807) is 6.20 Å². The Morgan fingerprint density at radius 3 is 3.21 bits per heavy atom. The third-order valence-corrected chi connectivity index (χ3v) is 4.35. The van der Waals surface area contributed by atoms with Gasteiger partial charge in [-0.2, -0.15) is 5.10 Å². The van der Waals surface area contributed by atoms with Crippen LogP contribution in [0.5, 0.6) is 0 Å². The Labute approximate surface area is 112 Å². The second-order valence-electron chi connectivity index (χ2n) is 5.61. The van der Waals surface area contributed by atoms with Crippen LogP contribution in [0.1, 0.15) is 25.0 Å². The number of nitrogens with zero attached hydrogens (tertiary/aromatic N) is 2. The van der Waals surface area contributed by atoms with E-state index < -0.39 is 11.5 Å². The predicted molar refractivity (Wildman–Crippen MR) is 69.2 cm³/mol. The number of carbonyl (C=O) groups excluding carboxylic acids is 1. The maximum Gasteiger partial charge on any atom is 0.230 e. The molecule has 6 nitrogen and oxygen atoms in total. The minimum Gasteiger partial charge on any atom is -0.392 e. The molecule has 0 aliphatic carbocycles. The van der Waals surface area contributed by atoms with Gasteiger partial charge in [-0.25, -0.2) is 0 Å². The fraction of sp³-hybridized carbons (Fsp3) is 0.692. The molecule has 0 radical (unpaired) electrons. The van der Waals surface area contributed by atoms with E-state index >= 15 is 0 Å². The lowest BCUT2D eigenvalue weighted by molar-refractivity contribution is -0.149. The van der Waals surface area contributed by atoms with Crippen molar-refractivity contribution in [3.8, 4) is 0 Å². The summed E-state index contributed by atoms with van der Waals surface area (Å²) in [7, 11) is 0. The van der Waals surface area contributed by atoms with E-state index in [4.69, 9.17) is 0 Å². The lowest BCUT2D eigenvalue weighted by atomic mass is 9.71. The molecule has 1 spiro atoms. The Kier molecular flexibility index (Phi) is 3.28. The van der Waals surface area contributed by atoms with Crippen molar-refractivity contribution in [3.05, 3.63) is 18.0 Å². The molecule has 104 valence electrons. The molecule has 3 N–H and O–H groups in total. The number of hydrogen-bond donors (Lipinski definition) is 3. The summed E-state index contributed by atoms with van der Waals surface area (Å²) in [6, 6.07) is 1.94. The SMILES string of the molecule is O=C1NCCC[C@]12CN(Cc1ccn[nH]1)CC[C@H]2O. The van der Waals surface area contributed by atoms with E-state index in [1.807, 2.05) is 6.07 Å². The Morgan fingerprint density at radius 1 is 1.58 bits per heavy atom. The fourth-order valence-corrected chi connectivity index (χ4v) is 3.28. The third kappa shape index (κ3) is 2.26. The summed E-state index contributed by atoms with van der Waals surface area (Å²) < 4.78 is 0. The van der Waals surface area contributed by atoms with Crippen LogP contribution in [0.25, 0.3) is 0 Å². The standard InChI is InChI=1S/C13H20N4O2/c18-11-3-7-17(8-10-2-6-15-16-10)9-13(11)4-1-5-14-12(13)19/h2,6,11,18H,1,3-5,7-9H2,(H,14,19)(H,15,16)/t11-,13-/m1/s1. The zero-order chi connectivity index (χ0) is 13.3. The van der Waals surface area contributed by atoms with Crippen LogP contribution < -0.4 is 5.32 Å². The number of aliphatic hydroxyl groups is 1. The van der Waals surface area contributed by atoms with Crippen LogP contribution in [0, 0.1) is 5.41 Å². The summed E-state index contributed by atoms with van der Waals surface area (Å²) in [4.78, 5) is 14.4. The highest BCUT2D eigenvalue weighted by molar-refractivity contribution is 5.84. The van der Waals surface area contributed by atoms with Crippen LogP contribution in [0.15, 0.2) is 12.3 Å². The van der Waals surface area contributed by atoms with Crippen molar-refractivity contribution in [2.24, 2.45) is 5.41 Å². The Bertz CT molecular complexity index is 448. The number of H-pyrrole nitrogens is 1. The van der Waals surface area contributed by atoms with Crippen LogP contribution in [0.3, 0.4) is 0 Å². The minimum atomic E-state index is -0.615. The molecule has 1 aromatic rings. The van der Waals surface area contributed by atoms with Crippen LogP contribution in [0.4, 0.5) is 0 Å². The van der Waals surface area contributed by atoms with Gasteiger partial charge < -0.3 is 10.4 Å². The molecule has 2 aliphatic rings. The number of aliphatic hydroxyl groups excluding tert-OH is 1. The summed E-state index contributed by atoms with van der Waals surface area (Å²) in [6.45, 7) is 2.92. The maximum absolute atomic E-state index is 12.2. The van der Waals surface area contributed by atoms with E-state index in [0.29, 0.717) is 13.0 Å². The van der Waals surface area contributed by atoms with E-state index in [1.165, 1.54) is 0 Å². The van der Waals surface area contributed by atoms with Gasteiger partial charge >= 0.3 is 0 Å². The molecular formula is C13H20N4O2. The predicted octanol–water partition coefficient (Wildman–Crippen LogP) is -0.127. The summed E-state index contributed by atoms with van der Waals surface area (Å²) in [5.41, 5.74) is 0.430. The molecule has 6 heteroatoms. The molecule has 1 aromatic heterocycles. The number of rotatable bonds is 2. The van der Waals surface area contributed by atoms with Crippen molar-refractivity contribution in [2.45, 2.75) is 31.9 Å². The third-order valence-electron chi connectivity index (χ3n) is 4.35. The highest BCUT2D eigenvalue weighted by Crippen LogP contribution is 2.37. The van der Waals surface area contributed by atoms with Gasteiger partial charge in [0.2, 0.25) is 5.91 Å². The Morgan fingerprint density at radius 2 is 2.47 bits per heavy atom. The van der Waals surface area contributed by atoms with Crippen LogP contribution in [-0.2, 0) is 11.3 Å². The number of aromatic nitrogens is 2. The van der Waals surface area contributed by atoms with Crippen molar-refractivity contribution in [1.29, 1.82) is 0 Å². The second kappa shape index (κ2) is 4.94. The summed E-state index contributed by atoms with van der Waals surface area (Å²) in [5, 5.41) is 20.1. The lowest BCUT2D eigenvalue weighted by Gasteiger charge is -2.46. The summed E-state index contributed by atoms with van der Waals surface area (Å²) in [5.74, 6) is 0.0144. The molecule has 2 saturated heterocycles. The van der Waals surface area contributed by atoms with E-state index in [2.05, 4.69) is 20.4 Å². The first-order valence-electron chi connectivity index (χ1n) is 6.88. The second-order valence-corrected chi connectivity index (χ2v) is 5.61. The summed E-state index contributed by atoms with van der Waals surface area (Å²) in [6.07, 6.45) is 3.59. The molecule has 3 heterocycles. The molecule has 2 aliphatic heterocycles. The highest BCUT2D eigenvalue weighted by atomic mass is 16.3. The first-order chi connectivity index (χ1) is 9.21. The van der Waals surface area contributed by atoms with Crippen LogP contribution in [0.2, 0.25) is 0 Å². The Balaban J connectivity index is 1.74. The number of nitrogens with one attached hydrogen (secondary N) is 2. The number of piperidine rings is 2.